The van der Waals surface area contributed by atoms with E-state index in [0.717, 1.165) is 43.2 Å². The number of halogens is 1. The second-order valence-corrected chi connectivity index (χ2v) is 7.82. The summed E-state index contributed by atoms with van der Waals surface area (Å²) in [6, 6.07) is 8.50. The van der Waals surface area contributed by atoms with E-state index in [0.29, 0.717) is 5.92 Å². The van der Waals surface area contributed by atoms with E-state index >= 15 is 0 Å². The molecule has 1 aliphatic heterocycles. The number of nitrogens with one attached hydrogen (secondary N) is 1. The molecule has 0 spiro atoms. The van der Waals surface area contributed by atoms with Gasteiger partial charge in [0.15, 0.2) is 5.96 Å². The number of guanidine groups is 1. The first-order chi connectivity index (χ1) is 10.9. The third-order valence-electron chi connectivity index (χ3n) is 4.42. The van der Waals surface area contributed by atoms with E-state index in [1.165, 1.54) is 5.56 Å². The van der Waals surface area contributed by atoms with Crippen LogP contribution in [0.2, 0.25) is 0 Å². The van der Waals surface area contributed by atoms with Crippen molar-refractivity contribution in [2.24, 2.45) is 10.9 Å². The molecule has 23 heavy (non-hydrogen) atoms. The number of ether oxygens (including phenoxy) is 1. The van der Waals surface area contributed by atoms with Crippen LogP contribution in [-0.2, 0) is 10.2 Å². The minimum absolute atomic E-state index is 0.0248. The molecule has 1 aromatic rings. The molecule has 0 aromatic heterocycles. The highest BCUT2D eigenvalue weighted by molar-refractivity contribution is 9.10. The average Bonchev–Trinajstić information content (AvgIpc) is 3.00. The Labute approximate surface area is 148 Å². The summed E-state index contributed by atoms with van der Waals surface area (Å²) in [5, 5.41) is 3.52. The van der Waals surface area contributed by atoms with Crippen LogP contribution in [0.1, 0.15) is 25.8 Å². The molecule has 1 aliphatic rings. The highest BCUT2D eigenvalue weighted by atomic mass is 79.9. The first-order valence-corrected chi connectivity index (χ1v) is 8.97. The molecule has 0 amide bonds. The molecule has 0 radical (unpaired) electrons. The van der Waals surface area contributed by atoms with E-state index in [4.69, 9.17) is 4.74 Å². The van der Waals surface area contributed by atoms with E-state index in [9.17, 15) is 0 Å². The Kier molecular flexibility index (Phi) is 6.48. The molecule has 0 aliphatic carbocycles. The van der Waals surface area contributed by atoms with Crippen LogP contribution < -0.4 is 5.32 Å². The van der Waals surface area contributed by atoms with Crippen molar-refractivity contribution in [2.45, 2.75) is 25.7 Å². The first-order valence-electron chi connectivity index (χ1n) is 8.18. The summed E-state index contributed by atoms with van der Waals surface area (Å²) in [5.74, 6) is 1.55. The molecule has 1 heterocycles. The van der Waals surface area contributed by atoms with E-state index in [2.05, 4.69) is 76.3 Å². The summed E-state index contributed by atoms with van der Waals surface area (Å²) in [6.07, 6.45) is 1.14. The van der Waals surface area contributed by atoms with Crippen molar-refractivity contribution in [3.8, 4) is 0 Å². The second-order valence-electron chi connectivity index (χ2n) is 6.91. The van der Waals surface area contributed by atoms with Gasteiger partial charge in [-0.05, 0) is 24.1 Å². The zero-order chi connectivity index (χ0) is 16.9. The molecule has 5 heteroatoms. The molecule has 1 unspecified atom stereocenters. The van der Waals surface area contributed by atoms with Gasteiger partial charge in [0.1, 0.15) is 0 Å². The highest BCUT2D eigenvalue weighted by Gasteiger charge is 2.23. The van der Waals surface area contributed by atoms with Gasteiger partial charge >= 0.3 is 0 Å². The molecule has 2 rings (SSSR count). The minimum Gasteiger partial charge on any atom is -0.381 e. The zero-order valence-corrected chi connectivity index (χ0v) is 16.2. The third kappa shape index (κ3) is 5.21. The number of aliphatic imine (C=N–C) groups is 1. The smallest absolute Gasteiger partial charge is 0.193 e. The second kappa shape index (κ2) is 8.15. The molecule has 4 nitrogen and oxygen atoms in total. The lowest BCUT2D eigenvalue weighted by Crippen LogP contribution is -2.45. The average molecular weight is 382 g/mol. The van der Waals surface area contributed by atoms with Gasteiger partial charge in [-0.3, -0.25) is 4.99 Å². The molecule has 1 atom stereocenters. The number of nitrogens with zero attached hydrogens (tertiary/aromatic N) is 2. The van der Waals surface area contributed by atoms with Crippen molar-refractivity contribution >= 4 is 21.9 Å². The van der Waals surface area contributed by atoms with E-state index in [1.54, 1.807) is 0 Å². The number of rotatable bonds is 5. The number of hydrogen-bond donors (Lipinski definition) is 1. The van der Waals surface area contributed by atoms with Gasteiger partial charge in [0.05, 0.1) is 6.61 Å². The van der Waals surface area contributed by atoms with E-state index < -0.39 is 0 Å². The lowest BCUT2D eigenvalue weighted by Gasteiger charge is -2.30. The van der Waals surface area contributed by atoms with Crippen molar-refractivity contribution in [1.82, 2.24) is 10.2 Å². The summed E-state index contributed by atoms with van der Waals surface area (Å²) >= 11 is 3.56. The van der Waals surface area contributed by atoms with Gasteiger partial charge in [-0.2, -0.15) is 0 Å². The fourth-order valence-corrected chi connectivity index (χ4v) is 3.30. The molecule has 128 valence electrons. The van der Waals surface area contributed by atoms with Crippen LogP contribution >= 0.6 is 15.9 Å². The third-order valence-corrected chi connectivity index (χ3v) is 4.92. The van der Waals surface area contributed by atoms with Crippen molar-refractivity contribution in [1.29, 1.82) is 0 Å². The van der Waals surface area contributed by atoms with Gasteiger partial charge < -0.3 is 15.0 Å². The maximum Gasteiger partial charge on any atom is 0.193 e. The summed E-state index contributed by atoms with van der Waals surface area (Å²) in [5.41, 5.74) is 1.33. The lowest BCUT2D eigenvalue weighted by atomic mass is 9.85. The van der Waals surface area contributed by atoms with Crippen molar-refractivity contribution < 1.29 is 4.74 Å². The summed E-state index contributed by atoms with van der Waals surface area (Å²) in [4.78, 5) is 6.63. The predicted octanol–water partition coefficient (Wildman–Crippen LogP) is 3.27. The number of hydrogen-bond acceptors (Lipinski definition) is 2. The SMILES string of the molecule is CN=C(NCC(C)(C)c1cccc(Br)c1)N(C)CC1CCOC1. The Morgan fingerprint density at radius 3 is 2.87 bits per heavy atom. The van der Waals surface area contributed by atoms with Crippen molar-refractivity contribution in [3.05, 3.63) is 34.3 Å². The van der Waals surface area contributed by atoms with Crippen LogP contribution in [0, 0.1) is 5.92 Å². The van der Waals surface area contributed by atoms with Crippen LogP contribution in [0.15, 0.2) is 33.7 Å². The fourth-order valence-electron chi connectivity index (χ4n) is 2.90. The summed E-state index contributed by atoms with van der Waals surface area (Å²) < 4.78 is 6.58. The predicted molar refractivity (Wildman–Crippen MR) is 100 cm³/mol. The molecule has 1 aromatic carbocycles. The van der Waals surface area contributed by atoms with Crippen molar-refractivity contribution in [2.75, 3.05) is 40.4 Å². The molecular formula is C18H28BrN3O. The highest BCUT2D eigenvalue weighted by Crippen LogP contribution is 2.25. The molecule has 0 saturated carbocycles. The Morgan fingerprint density at radius 1 is 1.48 bits per heavy atom. The summed E-state index contributed by atoms with van der Waals surface area (Å²) in [6.45, 7) is 8.07. The monoisotopic (exact) mass is 381 g/mol. The van der Waals surface area contributed by atoms with Gasteiger partial charge in [0.2, 0.25) is 0 Å². The fraction of sp³-hybridized carbons (Fsp3) is 0.611. The van der Waals surface area contributed by atoms with Gasteiger partial charge in [-0.25, -0.2) is 0 Å². The normalized spacial score (nSPS) is 19.0. The van der Waals surface area contributed by atoms with E-state index in [1.807, 2.05) is 7.05 Å². The maximum atomic E-state index is 5.46. The Balaban J connectivity index is 1.93. The van der Waals surface area contributed by atoms with Crippen molar-refractivity contribution in [3.63, 3.8) is 0 Å². The van der Waals surface area contributed by atoms with Crippen LogP contribution in [0.3, 0.4) is 0 Å². The summed E-state index contributed by atoms with van der Waals surface area (Å²) in [7, 11) is 3.94. The van der Waals surface area contributed by atoms with Gasteiger partial charge in [-0.15, -0.1) is 0 Å². The minimum atomic E-state index is 0.0248. The Morgan fingerprint density at radius 2 is 2.26 bits per heavy atom. The van der Waals surface area contributed by atoms with Gasteiger partial charge in [0, 0.05) is 49.6 Å². The van der Waals surface area contributed by atoms with Crippen LogP contribution in [-0.4, -0.2) is 51.3 Å². The van der Waals surface area contributed by atoms with E-state index in [-0.39, 0.29) is 5.41 Å². The lowest BCUT2D eigenvalue weighted by molar-refractivity contribution is 0.181. The maximum absolute atomic E-state index is 5.46. The largest absolute Gasteiger partial charge is 0.381 e. The Bertz CT molecular complexity index is 539. The molecule has 1 N–H and O–H groups in total. The quantitative estimate of drug-likeness (QED) is 0.627. The van der Waals surface area contributed by atoms with Crippen LogP contribution in [0.5, 0.6) is 0 Å². The number of benzene rings is 1. The molecule has 1 saturated heterocycles. The van der Waals surface area contributed by atoms with Crippen LogP contribution in [0.4, 0.5) is 0 Å². The van der Waals surface area contributed by atoms with Gasteiger partial charge in [-0.1, -0.05) is 41.9 Å². The topological polar surface area (TPSA) is 36.9 Å². The van der Waals surface area contributed by atoms with Gasteiger partial charge in [0.25, 0.3) is 0 Å². The standard InChI is InChI=1S/C18H28BrN3O/c1-18(2,15-6-5-7-16(19)10-15)13-21-17(20-3)22(4)11-14-8-9-23-12-14/h5-7,10,14H,8-9,11-13H2,1-4H3,(H,20,21). The molecular weight excluding hydrogens is 354 g/mol. The Hall–Kier alpha value is -1.07. The molecule has 0 bridgehead atoms. The zero-order valence-electron chi connectivity index (χ0n) is 14.6. The first kappa shape index (κ1) is 18.3. The molecule has 1 fully saturated rings. The van der Waals surface area contributed by atoms with Crippen LogP contribution in [0.25, 0.3) is 0 Å².